The number of carbonyl (C=O) groups excluding carboxylic acids is 1. The highest BCUT2D eigenvalue weighted by molar-refractivity contribution is 6.03. The van der Waals surface area contributed by atoms with Crippen molar-refractivity contribution >= 4 is 11.6 Å². The molecule has 0 unspecified atom stereocenters. The van der Waals surface area contributed by atoms with Crippen LogP contribution in [-0.2, 0) is 7.05 Å². The Morgan fingerprint density at radius 1 is 1.12 bits per heavy atom. The number of anilines is 1. The minimum atomic E-state index is -0.201. The largest absolute Gasteiger partial charge is 0.321 e. The first-order chi connectivity index (χ1) is 11.6. The zero-order chi connectivity index (χ0) is 16.9. The van der Waals surface area contributed by atoms with Crippen LogP contribution in [0, 0.1) is 18.8 Å². The van der Waals surface area contributed by atoms with Crippen molar-refractivity contribution in [3.8, 4) is 11.8 Å². The zero-order valence-corrected chi connectivity index (χ0v) is 13.4. The van der Waals surface area contributed by atoms with Gasteiger partial charge >= 0.3 is 0 Å². The molecule has 2 aromatic heterocycles. The van der Waals surface area contributed by atoms with E-state index in [0.717, 1.165) is 11.3 Å². The second kappa shape index (κ2) is 6.80. The van der Waals surface area contributed by atoms with Crippen molar-refractivity contribution in [3.63, 3.8) is 0 Å². The van der Waals surface area contributed by atoms with E-state index in [1.54, 1.807) is 24.0 Å². The van der Waals surface area contributed by atoms with Crippen LogP contribution >= 0.6 is 0 Å². The average Bonchev–Trinajstić information content (AvgIpc) is 2.93. The summed E-state index contributed by atoms with van der Waals surface area (Å²) in [6.07, 6.45) is 1.70. The summed E-state index contributed by atoms with van der Waals surface area (Å²) < 4.78 is 1.56. The SMILES string of the molecule is Cc1cc(C(=O)Nc2cccc(C#Cc3ccccn3)c2)n(C)n1. The highest BCUT2D eigenvalue weighted by atomic mass is 16.2. The van der Waals surface area contributed by atoms with Gasteiger partial charge in [-0.2, -0.15) is 5.10 Å². The molecule has 0 aliphatic heterocycles. The van der Waals surface area contributed by atoms with Gasteiger partial charge in [-0.3, -0.25) is 9.48 Å². The van der Waals surface area contributed by atoms with Gasteiger partial charge < -0.3 is 5.32 Å². The monoisotopic (exact) mass is 316 g/mol. The van der Waals surface area contributed by atoms with E-state index in [0.29, 0.717) is 17.1 Å². The molecule has 118 valence electrons. The van der Waals surface area contributed by atoms with Gasteiger partial charge in [0.1, 0.15) is 11.4 Å². The summed E-state index contributed by atoms with van der Waals surface area (Å²) in [7, 11) is 1.75. The van der Waals surface area contributed by atoms with Crippen LogP contribution < -0.4 is 5.32 Å². The van der Waals surface area contributed by atoms with Crippen molar-refractivity contribution in [1.82, 2.24) is 14.8 Å². The van der Waals surface area contributed by atoms with Gasteiger partial charge in [-0.05, 0) is 49.2 Å². The number of amides is 1. The number of hydrogen-bond donors (Lipinski definition) is 1. The summed E-state index contributed by atoms with van der Waals surface area (Å²) in [6, 6.07) is 14.7. The maximum absolute atomic E-state index is 12.3. The van der Waals surface area contributed by atoms with Gasteiger partial charge in [0.15, 0.2) is 0 Å². The van der Waals surface area contributed by atoms with Crippen molar-refractivity contribution in [2.45, 2.75) is 6.92 Å². The van der Waals surface area contributed by atoms with E-state index < -0.39 is 0 Å². The number of rotatable bonds is 2. The number of carbonyl (C=O) groups is 1. The van der Waals surface area contributed by atoms with Crippen molar-refractivity contribution < 1.29 is 4.79 Å². The molecule has 1 aromatic carbocycles. The van der Waals surface area contributed by atoms with Crippen molar-refractivity contribution in [3.05, 3.63) is 77.4 Å². The summed E-state index contributed by atoms with van der Waals surface area (Å²) in [5.74, 6) is 5.85. The molecule has 0 aliphatic rings. The summed E-state index contributed by atoms with van der Waals surface area (Å²) in [5.41, 5.74) is 3.51. The van der Waals surface area contributed by atoms with E-state index in [-0.39, 0.29) is 5.91 Å². The third-order valence-electron chi connectivity index (χ3n) is 3.35. The normalized spacial score (nSPS) is 9.92. The topological polar surface area (TPSA) is 59.8 Å². The lowest BCUT2D eigenvalue weighted by Crippen LogP contribution is -2.16. The number of benzene rings is 1. The Labute approximate surface area is 140 Å². The molecule has 0 saturated heterocycles. The summed E-state index contributed by atoms with van der Waals surface area (Å²) in [5, 5.41) is 7.05. The molecule has 3 rings (SSSR count). The molecule has 1 amide bonds. The highest BCUT2D eigenvalue weighted by Gasteiger charge is 2.11. The Morgan fingerprint density at radius 2 is 2.00 bits per heavy atom. The fourth-order valence-electron chi connectivity index (χ4n) is 2.27. The summed E-state index contributed by atoms with van der Waals surface area (Å²) >= 11 is 0. The molecular formula is C19H16N4O. The van der Waals surface area contributed by atoms with Gasteiger partial charge in [0.05, 0.1) is 5.69 Å². The van der Waals surface area contributed by atoms with Gasteiger partial charge in [-0.25, -0.2) is 4.98 Å². The van der Waals surface area contributed by atoms with Crippen LogP contribution in [0.25, 0.3) is 0 Å². The van der Waals surface area contributed by atoms with Crippen LogP contribution in [-0.4, -0.2) is 20.7 Å². The van der Waals surface area contributed by atoms with Gasteiger partial charge in [0, 0.05) is 24.5 Å². The standard InChI is InChI=1S/C19H16N4O/c1-14-12-18(23(2)22-14)19(24)21-17-8-5-6-15(13-17)9-10-16-7-3-4-11-20-16/h3-8,11-13H,1-2H3,(H,21,24). The number of nitrogens with zero attached hydrogens (tertiary/aromatic N) is 3. The minimum Gasteiger partial charge on any atom is -0.321 e. The lowest BCUT2D eigenvalue weighted by Gasteiger charge is -2.05. The summed E-state index contributed by atoms with van der Waals surface area (Å²) in [6.45, 7) is 1.85. The number of hydrogen-bond acceptors (Lipinski definition) is 3. The van der Waals surface area contributed by atoms with E-state index in [4.69, 9.17) is 0 Å². The first-order valence-corrected chi connectivity index (χ1v) is 7.47. The first-order valence-electron chi connectivity index (χ1n) is 7.47. The lowest BCUT2D eigenvalue weighted by atomic mass is 10.2. The zero-order valence-electron chi connectivity index (χ0n) is 13.4. The van der Waals surface area contributed by atoms with E-state index in [2.05, 4.69) is 27.2 Å². The Kier molecular flexibility index (Phi) is 4.39. The molecular weight excluding hydrogens is 300 g/mol. The fourth-order valence-corrected chi connectivity index (χ4v) is 2.27. The summed E-state index contributed by atoms with van der Waals surface area (Å²) in [4.78, 5) is 16.5. The maximum atomic E-state index is 12.3. The van der Waals surface area contributed by atoms with Crippen LogP contribution in [0.2, 0.25) is 0 Å². The van der Waals surface area contributed by atoms with Crippen LogP contribution in [0.5, 0.6) is 0 Å². The highest BCUT2D eigenvalue weighted by Crippen LogP contribution is 2.12. The van der Waals surface area contributed by atoms with E-state index in [1.807, 2.05) is 49.4 Å². The molecule has 2 heterocycles. The van der Waals surface area contributed by atoms with Gasteiger partial charge in [0.25, 0.3) is 5.91 Å². The molecule has 0 bridgehead atoms. The van der Waals surface area contributed by atoms with E-state index >= 15 is 0 Å². The van der Waals surface area contributed by atoms with Crippen LogP contribution in [0.3, 0.4) is 0 Å². The molecule has 3 aromatic rings. The van der Waals surface area contributed by atoms with Crippen molar-refractivity contribution in [2.75, 3.05) is 5.32 Å². The first kappa shape index (κ1) is 15.5. The molecule has 5 heteroatoms. The Bertz CT molecular complexity index is 933. The third-order valence-corrected chi connectivity index (χ3v) is 3.35. The predicted molar refractivity (Wildman–Crippen MR) is 92.6 cm³/mol. The molecule has 0 fully saturated rings. The van der Waals surface area contributed by atoms with Crippen molar-refractivity contribution in [1.29, 1.82) is 0 Å². The Morgan fingerprint density at radius 3 is 2.71 bits per heavy atom. The molecule has 0 saturated carbocycles. The predicted octanol–water partition coefficient (Wildman–Crippen LogP) is 2.78. The second-order valence-electron chi connectivity index (χ2n) is 5.29. The second-order valence-corrected chi connectivity index (χ2v) is 5.29. The average molecular weight is 316 g/mol. The lowest BCUT2D eigenvalue weighted by molar-refractivity contribution is 0.101. The fraction of sp³-hybridized carbons (Fsp3) is 0.105. The molecule has 0 aliphatic carbocycles. The smallest absolute Gasteiger partial charge is 0.273 e. The van der Waals surface area contributed by atoms with Crippen LogP contribution in [0.1, 0.15) is 27.4 Å². The van der Waals surface area contributed by atoms with Gasteiger partial charge in [-0.15, -0.1) is 0 Å². The molecule has 0 atom stereocenters. The Balaban J connectivity index is 1.77. The number of nitrogens with one attached hydrogen (secondary N) is 1. The van der Waals surface area contributed by atoms with E-state index in [9.17, 15) is 4.79 Å². The van der Waals surface area contributed by atoms with Crippen LogP contribution in [0.15, 0.2) is 54.7 Å². The number of aryl methyl sites for hydroxylation is 2. The molecule has 5 nitrogen and oxygen atoms in total. The number of pyridine rings is 1. The van der Waals surface area contributed by atoms with Crippen molar-refractivity contribution in [2.24, 2.45) is 7.05 Å². The molecule has 0 radical (unpaired) electrons. The van der Waals surface area contributed by atoms with Gasteiger partial charge in [-0.1, -0.05) is 18.1 Å². The number of aromatic nitrogens is 3. The van der Waals surface area contributed by atoms with Gasteiger partial charge in [0.2, 0.25) is 0 Å². The molecule has 0 spiro atoms. The molecule has 1 N–H and O–H groups in total. The quantitative estimate of drug-likeness (QED) is 0.740. The van der Waals surface area contributed by atoms with E-state index in [1.165, 1.54) is 0 Å². The maximum Gasteiger partial charge on any atom is 0.273 e. The minimum absolute atomic E-state index is 0.201. The Hall–Kier alpha value is -3.39. The molecule has 24 heavy (non-hydrogen) atoms. The third kappa shape index (κ3) is 3.68. The van der Waals surface area contributed by atoms with Crippen LogP contribution in [0.4, 0.5) is 5.69 Å².